The van der Waals surface area contributed by atoms with E-state index < -0.39 is 54.9 Å². The van der Waals surface area contributed by atoms with Gasteiger partial charge in [-0.05, 0) is 36.4 Å². The summed E-state index contributed by atoms with van der Waals surface area (Å²) in [5.41, 5.74) is 0.622. The lowest BCUT2D eigenvalue weighted by Crippen LogP contribution is -2.45. The van der Waals surface area contributed by atoms with Crippen LogP contribution in [0.1, 0.15) is 31.1 Å². The number of esters is 4. The van der Waals surface area contributed by atoms with Gasteiger partial charge in [0.1, 0.15) is 12.7 Å². The lowest BCUT2D eigenvalue weighted by atomic mass is 10.1. The molecule has 1 aliphatic rings. The molecule has 0 radical (unpaired) electrons. The summed E-state index contributed by atoms with van der Waals surface area (Å²) >= 11 is 0. The normalized spacial score (nSPS) is 19.6. The van der Waals surface area contributed by atoms with E-state index in [-0.39, 0.29) is 16.7 Å². The molecule has 1 N–H and O–H groups in total. The molecule has 0 amide bonds. The van der Waals surface area contributed by atoms with Gasteiger partial charge in [-0.25, -0.2) is 19.2 Å². The van der Waals surface area contributed by atoms with Crippen molar-refractivity contribution in [3.63, 3.8) is 0 Å². The Morgan fingerprint density at radius 1 is 0.750 bits per heavy atom. The second kappa shape index (κ2) is 11.3. The predicted molar refractivity (Wildman–Crippen MR) is 124 cm³/mol. The SMILES string of the molecule is O=C(OC[C@@H](OC(=O)c1ccccc1)[C@H]1OC(=O)[C@@H](OC(=O)c2ccccc2)[C@H]1O)c1ccccc1. The summed E-state index contributed by atoms with van der Waals surface area (Å²) < 4.78 is 21.2. The highest BCUT2D eigenvalue weighted by atomic mass is 16.6. The molecule has 4 rings (SSSR count). The highest BCUT2D eigenvalue weighted by molar-refractivity contribution is 5.92. The summed E-state index contributed by atoms with van der Waals surface area (Å²) in [7, 11) is 0. The lowest BCUT2D eigenvalue weighted by molar-refractivity contribution is -0.152. The Hall–Kier alpha value is -4.50. The Balaban J connectivity index is 1.50. The van der Waals surface area contributed by atoms with Crippen molar-refractivity contribution < 1.29 is 43.2 Å². The molecule has 0 aliphatic carbocycles. The molecule has 4 atom stereocenters. The fraction of sp³-hybridized carbons (Fsp3) is 0.185. The van der Waals surface area contributed by atoms with Gasteiger partial charge < -0.3 is 24.1 Å². The largest absolute Gasteiger partial charge is 0.458 e. The number of benzene rings is 3. The number of ether oxygens (including phenoxy) is 4. The summed E-state index contributed by atoms with van der Waals surface area (Å²) in [6.45, 7) is -0.527. The number of carbonyl (C=O) groups is 4. The summed E-state index contributed by atoms with van der Waals surface area (Å²) in [6.07, 6.45) is -6.19. The van der Waals surface area contributed by atoms with Crippen LogP contribution in [0.4, 0.5) is 0 Å². The number of rotatable bonds is 8. The predicted octanol–water partition coefficient (Wildman–Crippen LogP) is 2.58. The van der Waals surface area contributed by atoms with Crippen molar-refractivity contribution in [2.45, 2.75) is 24.4 Å². The fourth-order valence-electron chi connectivity index (χ4n) is 3.54. The van der Waals surface area contributed by atoms with Crippen LogP contribution >= 0.6 is 0 Å². The maximum atomic E-state index is 12.7. The first-order chi connectivity index (χ1) is 17.4. The van der Waals surface area contributed by atoms with E-state index in [9.17, 15) is 24.3 Å². The standard InChI is InChI=1S/C27H22O9/c28-21-22(35-27(32)23(21)36-26(31)19-14-8-3-9-15-19)20(34-25(30)18-12-6-2-7-13-18)16-33-24(29)17-10-4-1-5-11-17/h1-15,20-23,28H,16H2/t20-,21+,22-,23+/m1/s1. The van der Waals surface area contributed by atoms with Crippen molar-refractivity contribution in [1.29, 1.82) is 0 Å². The molecule has 0 unspecified atom stereocenters. The van der Waals surface area contributed by atoms with Crippen molar-refractivity contribution in [1.82, 2.24) is 0 Å². The van der Waals surface area contributed by atoms with Crippen LogP contribution in [0, 0.1) is 0 Å². The topological polar surface area (TPSA) is 125 Å². The molecule has 1 saturated heterocycles. The van der Waals surface area contributed by atoms with Crippen LogP contribution in [0.2, 0.25) is 0 Å². The van der Waals surface area contributed by atoms with E-state index >= 15 is 0 Å². The van der Waals surface area contributed by atoms with Gasteiger partial charge in [-0.1, -0.05) is 54.6 Å². The fourth-order valence-corrected chi connectivity index (χ4v) is 3.54. The molecule has 0 bridgehead atoms. The van der Waals surface area contributed by atoms with Crippen LogP contribution in [0.3, 0.4) is 0 Å². The summed E-state index contributed by atoms with van der Waals surface area (Å²) in [6, 6.07) is 24.0. The average molecular weight is 490 g/mol. The quantitative estimate of drug-likeness (QED) is 0.375. The zero-order valence-electron chi connectivity index (χ0n) is 18.9. The molecule has 9 nitrogen and oxygen atoms in total. The van der Waals surface area contributed by atoms with Crippen molar-refractivity contribution in [3.8, 4) is 0 Å². The smallest absolute Gasteiger partial charge is 0.350 e. The van der Waals surface area contributed by atoms with E-state index in [0.717, 1.165) is 0 Å². The minimum Gasteiger partial charge on any atom is -0.458 e. The van der Waals surface area contributed by atoms with Crippen LogP contribution < -0.4 is 0 Å². The second-order valence-corrected chi connectivity index (χ2v) is 7.86. The Bertz CT molecular complexity index is 1210. The van der Waals surface area contributed by atoms with Crippen LogP contribution in [0.5, 0.6) is 0 Å². The van der Waals surface area contributed by atoms with Crippen LogP contribution in [-0.4, -0.2) is 60.0 Å². The van der Waals surface area contributed by atoms with Gasteiger partial charge in [-0.15, -0.1) is 0 Å². The third kappa shape index (κ3) is 5.76. The lowest BCUT2D eigenvalue weighted by Gasteiger charge is -2.25. The molecule has 1 fully saturated rings. The van der Waals surface area contributed by atoms with Crippen LogP contribution in [0.25, 0.3) is 0 Å². The molecule has 36 heavy (non-hydrogen) atoms. The van der Waals surface area contributed by atoms with E-state index in [4.69, 9.17) is 18.9 Å². The van der Waals surface area contributed by atoms with Gasteiger partial charge in [-0.3, -0.25) is 0 Å². The highest BCUT2D eigenvalue weighted by Gasteiger charge is 2.51. The Labute approximate surface area is 206 Å². The maximum absolute atomic E-state index is 12.7. The van der Waals surface area contributed by atoms with Gasteiger partial charge in [0.25, 0.3) is 0 Å². The first-order valence-corrected chi connectivity index (χ1v) is 11.1. The van der Waals surface area contributed by atoms with E-state index in [1.165, 1.54) is 36.4 Å². The minimum atomic E-state index is -1.69. The monoisotopic (exact) mass is 490 g/mol. The molecule has 1 heterocycles. The zero-order valence-corrected chi connectivity index (χ0v) is 18.9. The third-order valence-corrected chi connectivity index (χ3v) is 5.40. The van der Waals surface area contributed by atoms with E-state index in [1.54, 1.807) is 54.6 Å². The third-order valence-electron chi connectivity index (χ3n) is 5.40. The molecule has 184 valence electrons. The molecule has 3 aromatic rings. The van der Waals surface area contributed by atoms with Gasteiger partial charge >= 0.3 is 23.9 Å². The highest BCUT2D eigenvalue weighted by Crippen LogP contribution is 2.25. The summed E-state index contributed by atoms with van der Waals surface area (Å²) in [5, 5.41) is 10.8. The van der Waals surface area contributed by atoms with E-state index in [2.05, 4.69) is 0 Å². The Kier molecular flexibility index (Phi) is 7.72. The average Bonchev–Trinajstić information content (AvgIpc) is 3.20. The zero-order chi connectivity index (χ0) is 25.5. The second-order valence-electron chi connectivity index (χ2n) is 7.86. The summed E-state index contributed by atoms with van der Waals surface area (Å²) in [4.78, 5) is 50.0. The number of aliphatic hydroxyl groups is 1. The number of aliphatic hydroxyl groups excluding tert-OH is 1. The Morgan fingerprint density at radius 3 is 1.75 bits per heavy atom. The number of hydrogen-bond donors (Lipinski definition) is 1. The van der Waals surface area contributed by atoms with Crippen molar-refractivity contribution in [3.05, 3.63) is 108 Å². The Morgan fingerprint density at radius 2 is 1.22 bits per heavy atom. The van der Waals surface area contributed by atoms with Gasteiger partial charge in [0.05, 0.1) is 16.7 Å². The summed E-state index contributed by atoms with van der Waals surface area (Å²) in [5.74, 6) is -3.36. The number of carbonyl (C=O) groups excluding carboxylic acids is 4. The maximum Gasteiger partial charge on any atom is 0.350 e. The molecule has 0 aromatic heterocycles. The molecule has 0 saturated carbocycles. The molecule has 3 aromatic carbocycles. The van der Waals surface area contributed by atoms with Gasteiger partial charge in [0.15, 0.2) is 12.2 Å². The number of cyclic esters (lactones) is 1. The molecular weight excluding hydrogens is 468 g/mol. The molecule has 9 heteroatoms. The van der Waals surface area contributed by atoms with Crippen molar-refractivity contribution in [2.75, 3.05) is 6.61 Å². The van der Waals surface area contributed by atoms with Gasteiger partial charge in [0, 0.05) is 0 Å². The van der Waals surface area contributed by atoms with Gasteiger partial charge in [0.2, 0.25) is 6.10 Å². The molecular formula is C27H22O9. The van der Waals surface area contributed by atoms with Gasteiger partial charge in [-0.2, -0.15) is 0 Å². The molecule has 1 aliphatic heterocycles. The first kappa shape index (κ1) is 24.6. The molecule has 0 spiro atoms. The van der Waals surface area contributed by atoms with Crippen molar-refractivity contribution >= 4 is 23.9 Å². The van der Waals surface area contributed by atoms with Crippen molar-refractivity contribution in [2.24, 2.45) is 0 Å². The minimum absolute atomic E-state index is 0.171. The number of hydrogen-bond acceptors (Lipinski definition) is 9. The first-order valence-electron chi connectivity index (χ1n) is 11.1. The van der Waals surface area contributed by atoms with Crippen LogP contribution in [-0.2, 0) is 23.7 Å². The van der Waals surface area contributed by atoms with E-state index in [1.807, 2.05) is 0 Å². The van der Waals surface area contributed by atoms with Crippen LogP contribution in [0.15, 0.2) is 91.0 Å². The van der Waals surface area contributed by atoms with E-state index in [0.29, 0.717) is 0 Å².